The van der Waals surface area contributed by atoms with Gasteiger partial charge in [-0.2, -0.15) is 0 Å². The average molecular weight is 508 g/mol. The zero-order valence-electron chi connectivity index (χ0n) is 22.3. The zero-order valence-corrected chi connectivity index (χ0v) is 22.3. The number of carbonyl (C=O) groups is 4. The van der Waals surface area contributed by atoms with Gasteiger partial charge in [0.1, 0.15) is 18.2 Å². The molecule has 0 radical (unpaired) electrons. The van der Waals surface area contributed by atoms with Crippen molar-refractivity contribution in [3.63, 3.8) is 0 Å². The number of hydrogen-bond donors (Lipinski definition) is 1. The van der Waals surface area contributed by atoms with Gasteiger partial charge in [0.2, 0.25) is 0 Å². The van der Waals surface area contributed by atoms with E-state index in [1.165, 1.54) is 12.1 Å². The first-order valence-corrected chi connectivity index (χ1v) is 12.7. The van der Waals surface area contributed by atoms with Crippen LogP contribution in [0.2, 0.25) is 0 Å². The number of benzene rings is 1. The molecule has 36 heavy (non-hydrogen) atoms. The lowest BCUT2D eigenvalue weighted by Crippen LogP contribution is -2.39. The van der Waals surface area contributed by atoms with Gasteiger partial charge in [-0.15, -0.1) is 0 Å². The summed E-state index contributed by atoms with van der Waals surface area (Å²) in [5.74, 6) is -1.97. The van der Waals surface area contributed by atoms with E-state index in [1.807, 2.05) is 13.8 Å². The SMILES string of the molecule is CCCCC(=O)Oc1ccc(C[C@H](N)C(=O)O[C@@H](C)[C@H](C)OC(=O)C(C)C)cc1OC(=O)CCCC. The third kappa shape index (κ3) is 11.2. The topological polar surface area (TPSA) is 131 Å². The van der Waals surface area contributed by atoms with Crippen LogP contribution in [-0.2, 0) is 35.1 Å². The minimum absolute atomic E-state index is 0.0925. The van der Waals surface area contributed by atoms with Crippen LogP contribution in [-0.4, -0.2) is 42.1 Å². The molecule has 9 heteroatoms. The zero-order chi connectivity index (χ0) is 27.3. The molecule has 0 saturated carbocycles. The van der Waals surface area contributed by atoms with Gasteiger partial charge in [-0.3, -0.25) is 19.2 Å². The predicted molar refractivity (Wildman–Crippen MR) is 134 cm³/mol. The summed E-state index contributed by atoms with van der Waals surface area (Å²) in [4.78, 5) is 48.7. The number of carbonyl (C=O) groups excluding carboxylic acids is 4. The molecule has 0 unspecified atom stereocenters. The van der Waals surface area contributed by atoms with Gasteiger partial charge in [-0.1, -0.05) is 46.6 Å². The van der Waals surface area contributed by atoms with Crippen molar-refractivity contribution in [1.82, 2.24) is 0 Å². The first kappa shape index (κ1) is 31.1. The van der Waals surface area contributed by atoms with Crippen molar-refractivity contribution in [2.75, 3.05) is 0 Å². The Labute approximate surface area is 214 Å². The van der Waals surface area contributed by atoms with Crippen LogP contribution < -0.4 is 15.2 Å². The van der Waals surface area contributed by atoms with Gasteiger partial charge < -0.3 is 24.7 Å². The van der Waals surface area contributed by atoms with E-state index >= 15 is 0 Å². The van der Waals surface area contributed by atoms with E-state index in [0.717, 1.165) is 12.8 Å². The van der Waals surface area contributed by atoms with Crippen molar-refractivity contribution in [2.24, 2.45) is 11.7 Å². The first-order valence-electron chi connectivity index (χ1n) is 12.7. The highest BCUT2D eigenvalue weighted by Crippen LogP contribution is 2.30. The summed E-state index contributed by atoms with van der Waals surface area (Å²) in [6.07, 6.45) is 2.29. The molecule has 0 bridgehead atoms. The Morgan fingerprint density at radius 2 is 1.28 bits per heavy atom. The molecule has 1 aromatic rings. The van der Waals surface area contributed by atoms with Crippen molar-refractivity contribution < 1.29 is 38.1 Å². The van der Waals surface area contributed by atoms with Gasteiger partial charge in [0.15, 0.2) is 11.5 Å². The Hall–Kier alpha value is -2.94. The van der Waals surface area contributed by atoms with E-state index in [2.05, 4.69) is 0 Å². The maximum Gasteiger partial charge on any atom is 0.323 e. The molecule has 3 atom stereocenters. The standard InChI is InChI=1S/C27H41NO8/c1-7-9-11-24(29)35-22-14-13-20(16-23(22)36-25(30)12-10-8-2)15-21(28)27(32)34-19(6)18(5)33-26(31)17(3)4/h13-14,16-19,21H,7-12,15,28H2,1-6H3/t18-,19-,21-/m0/s1. The van der Waals surface area contributed by atoms with Gasteiger partial charge in [0.05, 0.1) is 5.92 Å². The molecule has 9 nitrogen and oxygen atoms in total. The van der Waals surface area contributed by atoms with E-state index in [4.69, 9.17) is 24.7 Å². The fraction of sp³-hybridized carbons (Fsp3) is 0.630. The lowest BCUT2D eigenvalue weighted by atomic mass is 10.1. The molecule has 0 heterocycles. The van der Waals surface area contributed by atoms with Crippen LogP contribution in [0.25, 0.3) is 0 Å². The fourth-order valence-corrected chi connectivity index (χ4v) is 2.95. The van der Waals surface area contributed by atoms with Crippen LogP contribution in [0.4, 0.5) is 0 Å². The Bertz CT molecular complexity index is 883. The highest BCUT2D eigenvalue weighted by molar-refractivity contribution is 5.77. The summed E-state index contributed by atoms with van der Waals surface area (Å²) in [5.41, 5.74) is 6.66. The molecule has 0 fully saturated rings. The predicted octanol–water partition coefficient (Wildman–Crippen LogP) is 4.27. The third-order valence-corrected chi connectivity index (χ3v) is 5.42. The average Bonchev–Trinajstić information content (AvgIpc) is 2.82. The van der Waals surface area contributed by atoms with Crippen molar-refractivity contribution in [3.8, 4) is 11.5 Å². The maximum absolute atomic E-state index is 12.5. The molecule has 202 valence electrons. The van der Waals surface area contributed by atoms with Gasteiger partial charge >= 0.3 is 23.9 Å². The Balaban J connectivity index is 2.90. The summed E-state index contributed by atoms with van der Waals surface area (Å²) in [7, 11) is 0. The fourth-order valence-electron chi connectivity index (χ4n) is 2.95. The second-order valence-electron chi connectivity index (χ2n) is 9.19. The second-order valence-corrected chi connectivity index (χ2v) is 9.19. The van der Waals surface area contributed by atoms with Gasteiger partial charge in [-0.05, 0) is 50.8 Å². The third-order valence-electron chi connectivity index (χ3n) is 5.42. The van der Waals surface area contributed by atoms with E-state index in [-0.39, 0.29) is 42.6 Å². The smallest absolute Gasteiger partial charge is 0.323 e. The Kier molecular flexibility index (Phi) is 13.8. The minimum Gasteiger partial charge on any atom is -0.459 e. The van der Waals surface area contributed by atoms with E-state index in [9.17, 15) is 19.2 Å². The highest BCUT2D eigenvalue weighted by Gasteiger charge is 2.25. The first-order chi connectivity index (χ1) is 17.0. The lowest BCUT2D eigenvalue weighted by molar-refractivity contribution is -0.168. The van der Waals surface area contributed by atoms with Gasteiger partial charge in [-0.25, -0.2) is 0 Å². The van der Waals surface area contributed by atoms with Crippen molar-refractivity contribution in [3.05, 3.63) is 23.8 Å². The second kappa shape index (κ2) is 15.9. The summed E-state index contributed by atoms with van der Waals surface area (Å²) in [5, 5.41) is 0. The number of hydrogen-bond acceptors (Lipinski definition) is 9. The van der Waals surface area contributed by atoms with Gasteiger partial charge in [0.25, 0.3) is 0 Å². The summed E-state index contributed by atoms with van der Waals surface area (Å²) in [6, 6.07) is 3.70. The van der Waals surface area contributed by atoms with Gasteiger partial charge in [0, 0.05) is 12.8 Å². The molecule has 0 aliphatic carbocycles. The van der Waals surface area contributed by atoms with Crippen LogP contribution in [0, 0.1) is 5.92 Å². The van der Waals surface area contributed by atoms with Crippen LogP contribution in [0.1, 0.15) is 85.6 Å². The molecule has 1 aromatic carbocycles. The molecule has 0 aliphatic rings. The normalized spacial score (nSPS) is 13.4. The summed E-state index contributed by atoms with van der Waals surface area (Å²) in [6.45, 7) is 10.6. The van der Waals surface area contributed by atoms with E-state index < -0.39 is 36.2 Å². The molecular formula is C27H41NO8. The van der Waals surface area contributed by atoms with Crippen LogP contribution in [0.5, 0.6) is 11.5 Å². The highest BCUT2D eigenvalue weighted by atomic mass is 16.6. The van der Waals surface area contributed by atoms with Crippen LogP contribution in [0.15, 0.2) is 18.2 Å². The van der Waals surface area contributed by atoms with Crippen LogP contribution in [0.3, 0.4) is 0 Å². The Morgan fingerprint density at radius 3 is 1.78 bits per heavy atom. The quantitative estimate of drug-likeness (QED) is 0.273. The van der Waals surface area contributed by atoms with E-state index in [1.54, 1.807) is 33.8 Å². The lowest BCUT2D eigenvalue weighted by Gasteiger charge is -2.23. The van der Waals surface area contributed by atoms with E-state index in [0.29, 0.717) is 18.4 Å². The number of rotatable bonds is 15. The number of unbranched alkanes of at least 4 members (excludes halogenated alkanes) is 2. The molecule has 2 N–H and O–H groups in total. The maximum atomic E-state index is 12.5. The van der Waals surface area contributed by atoms with Crippen molar-refractivity contribution in [1.29, 1.82) is 0 Å². The molecule has 0 saturated heterocycles. The number of esters is 4. The molecule has 0 aliphatic heterocycles. The molecular weight excluding hydrogens is 466 g/mol. The van der Waals surface area contributed by atoms with Crippen molar-refractivity contribution >= 4 is 23.9 Å². The molecule has 1 rings (SSSR count). The summed E-state index contributed by atoms with van der Waals surface area (Å²) >= 11 is 0. The van der Waals surface area contributed by atoms with Crippen molar-refractivity contribution in [2.45, 2.75) is 105 Å². The minimum atomic E-state index is -1.01. The number of nitrogens with two attached hydrogens (primary N) is 1. The summed E-state index contributed by atoms with van der Waals surface area (Å²) < 4.78 is 21.5. The number of ether oxygens (including phenoxy) is 4. The molecule has 0 amide bonds. The molecule has 0 aromatic heterocycles. The van der Waals surface area contributed by atoms with Crippen LogP contribution >= 0.6 is 0 Å². The Morgan fingerprint density at radius 1 is 0.778 bits per heavy atom. The largest absolute Gasteiger partial charge is 0.459 e. The molecule has 0 spiro atoms. The monoisotopic (exact) mass is 507 g/mol.